The summed E-state index contributed by atoms with van der Waals surface area (Å²) < 4.78 is 0.712. The number of pyridine rings is 1. The summed E-state index contributed by atoms with van der Waals surface area (Å²) in [5.74, 6) is -0.414. The monoisotopic (exact) mass is 401 g/mol. The summed E-state index contributed by atoms with van der Waals surface area (Å²) in [4.78, 5) is 33.1. The SMILES string of the molecule is CC(=O)c1sc(NC(=O)c2cncc(Br)c2)nc1-c1ccccc1. The number of anilines is 1. The summed E-state index contributed by atoms with van der Waals surface area (Å²) in [5.41, 5.74) is 1.82. The first-order chi connectivity index (χ1) is 11.5. The zero-order valence-corrected chi connectivity index (χ0v) is 15.0. The predicted octanol–water partition coefficient (Wildman–Crippen LogP) is 4.42. The van der Waals surface area contributed by atoms with E-state index in [4.69, 9.17) is 0 Å². The Kier molecular flexibility index (Phi) is 4.82. The van der Waals surface area contributed by atoms with Crippen LogP contribution in [-0.2, 0) is 0 Å². The van der Waals surface area contributed by atoms with Crippen molar-refractivity contribution in [1.82, 2.24) is 9.97 Å². The highest BCUT2D eigenvalue weighted by Crippen LogP contribution is 2.31. The topological polar surface area (TPSA) is 72.0 Å². The van der Waals surface area contributed by atoms with Crippen LogP contribution in [0.5, 0.6) is 0 Å². The Bertz CT molecular complexity index is 909. The fraction of sp³-hybridized carbons (Fsp3) is 0.0588. The van der Waals surface area contributed by atoms with Crippen molar-refractivity contribution in [2.24, 2.45) is 0 Å². The fourth-order valence-electron chi connectivity index (χ4n) is 2.11. The second-order valence-electron chi connectivity index (χ2n) is 4.96. The standard InChI is InChI=1S/C17H12BrN3O2S/c1-10(22)15-14(11-5-3-2-4-6-11)20-17(24-15)21-16(23)12-7-13(18)9-19-8-12/h2-9H,1H3,(H,20,21,23). The summed E-state index contributed by atoms with van der Waals surface area (Å²) in [6.45, 7) is 1.49. The summed E-state index contributed by atoms with van der Waals surface area (Å²) in [6, 6.07) is 11.1. The van der Waals surface area contributed by atoms with Gasteiger partial charge in [-0.2, -0.15) is 0 Å². The molecular formula is C17H12BrN3O2S. The van der Waals surface area contributed by atoms with Gasteiger partial charge in [0, 0.05) is 29.4 Å². The van der Waals surface area contributed by atoms with Gasteiger partial charge in [0.25, 0.3) is 5.91 Å². The highest BCUT2D eigenvalue weighted by atomic mass is 79.9. The van der Waals surface area contributed by atoms with E-state index >= 15 is 0 Å². The third-order valence-corrected chi connectivity index (χ3v) is 4.69. The van der Waals surface area contributed by atoms with Gasteiger partial charge in [0.1, 0.15) is 0 Å². The molecule has 0 atom stereocenters. The molecule has 1 aromatic carbocycles. The Hall–Kier alpha value is -2.38. The lowest BCUT2D eigenvalue weighted by Gasteiger charge is -2.01. The van der Waals surface area contributed by atoms with Crippen molar-refractivity contribution in [3.8, 4) is 11.3 Å². The minimum Gasteiger partial charge on any atom is -0.298 e. The normalized spacial score (nSPS) is 10.4. The Balaban J connectivity index is 1.92. The molecule has 120 valence electrons. The molecule has 24 heavy (non-hydrogen) atoms. The minimum atomic E-state index is -0.327. The molecule has 0 spiro atoms. The maximum Gasteiger partial charge on any atom is 0.259 e. The maximum atomic E-state index is 12.3. The second kappa shape index (κ2) is 7.02. The van der Waals surface area contributed by atoms with Crippen molar-refractivity contribution in [3.05, 3.63) is 63.7 Å². The molecule has 3 aromatic rings. The van der Waals surface area contributed by atoms with E-state index < -0.39 is 0 Å². The molecule has 0 aliphatic carbocycles. The lowest BCUT2D eigenvalue weighted by atomic mass is 10.1. The van der Waals surface area contributed by atoms with E-state index in [9.17, 15) is 9.59 Å². The van der Waals surface area contributed by atoms with E-state index in [0.717, 1.165) is 16.9 Å². The third kappa shape index (κ3) is 3.58. The molecule has 2 heterocycles. The Labute approximate surface area is 150 Å². The number of benzene rings is 1. The van der Waals surface area contributed by atoms with Gasteiger partial charge in [-0.25, -0.2) is 4.98 Å². The van der Waals surface area contributed by atoms with Gasteiger partial charge in [-0.05, 0) is 22.0 Å². The molecule has 0 radical (unpaired) electrons. The van der Waals surface area contributed by atoms with Crippen molar-refractivity contribution in [1.29, 1.82) is 0 Å². The number of rotatable bonds is 4. The Morgan fingerprint density at radius 2 is 1.92 bits per heavy atom. The molecule has 0 unspecified atom stereocenters. The lowest BCUT2D eigenvalue weighted by molar-refractivity contribution is 0.101. The molecule has 1 N–H and O–H groups in total. The van der Waals surface area contributed by atoms with Crippen LogP contribution in [0.3, 0.4) is 0 Å². The molecule has 2 aromatic heterocycles. The summed E-state index contributed by atoms with van der Waals surface area (Å²) in [5, 5.41) is 3.11. The van der Waals surface area contributed by atoms with Crippen molar-refractivity contribution >= 4 is 44.1 Å². The van der Waals surface area contributed by atoms with Crippen molar-refractivity contribution in [3.63, 3.8) is 0 Å². The van der Waals surface area contributed by atoms with E-state index in [1.807, 2.05) is 30.3 Å². The number of nitrogens with zero attached hydrogens (tertiary/aromatic N) is 2. The van der Waals surface area contributed by atoms with Crippen molar-refractivity contribution < 1.29 is 9.59 Å². The van der Waals surface area contributed by atoms with Gasteiger partial charge in [0.2, 0.25) is 0 Å². The zero-order valence-electron chi connectivity index (χ0n) is 12.6. The zero-order chi connectivity index (χ0) is 17.1. The number of thiazole rings is 1. The van der Waals surface area contributed by atoms with Crippen LogP contribution in [0.15, 0.2) is 53.3 Å². The van der Waals surface area contributed by atoms with Gasteiger partial charge < -0.3 is 0 Å². The first-order valence-electron chi connectivity index (χ1n) is 7.03. The van der Waals surface area contributed by atoms with Crippen LogP contribution in [0, 0.1) is 0 Å². The summed E-state index contributed by atoms with van der Waals surface area (Å²) in [7, 11) is 0. The number of Topliss-reactive ketones (excluding diaryl/α,β-unsaturated/α-hetero) is 1. The number of hydrogen-bond donors (Lipinski definition) is 1. The van der Waals surface area contributed by atoms with Crippen LogP contribution >= 0.6 is 27.3 Å². The molecule has 5 nitrogen and oxygen atoms in total. The number of ketones is 1. The fourth-order valence-corrected chi connectivity index (χ4v) is 3.35. The second-order valence-corrected chi connectivity index (χ2v) is 6.88. The molecule has 0 saturated heterocycles. The van der Waals surface area contributed by atoms with Crippen LogP contribution in [-0.4, -0.2) is 21.7 Å². The summed E-state index contributed by atoms with van der Waals surface area (Å²) in [6.07, 6.45) is 3.07. The van der Waals surface area contributed by atoms with E-state index in [0.29, 0.717) is 25.7 Å². The lowest BCUT2D eigenvalue weighted by Crippen LogP contribution is -2.11. The van der Waals surface area contributed by atoms with Crippen molar-refractivity contribution in [2.45, 2.75) is 6.92 Å². The molecule has 0 aliphatic rings. The molecule has 0 aliphatic heterocycles. The Morgan fingerprint density at radius 1 is 1.17 bits per heavy atom. The van der Waals surface area contributed by atoms with Gasteiger partial charge in [0.15, 0.2) is 10.9 Å². The average molecular weight is 402 g/mol. The molecule has 0 saturated carbocycles. The highest BCUT2D eigenvalue weighted by molar-refractivity contribution is 9.10. The van der Waals surface area contributed by atoms with Crippen LogP contribution < -0.4 is 5.32 Å². The maximum absolute atomic E-state index is 12.3. The first kappa shape index (κ1) is 16.5. The smallest absolute Gasteiger partial charge is 0.259 e. The van der Waals surface area contributed by atoms with Crippen LogP contribution in [0.25, 0.3) is 11.3 Å². The number of carbonyl (C=O) groups excluding carboxylic acids is 2. The van der Waals surface area contributed by atoms with Crippen LogP contribution in [0.4, 0.5) is 5.13 Å². The molecule has 3 rings (SSSR count). The number of halogens is 1. The number of nitrogens with one attached hydrogen (secondary N) is 1. The minimum absolute atomic E-state index is 0.0871. The number of hydrogen-bond acceptors (Lipinski definition) is 5. The number of aromatic nitrogens is 2. The van der Waals surface area contributed by atoms with E-state index in [1.54, 1.807) is 12.3 Å². The molecule has 1 amide bonds. The van der Waals surface area contributed by atoms with E-state index in [1.165, 1.54) is 13.1 Å². The van der Waals surface area contributed by atoms with Crippen LogP contribution in [0.1, 0.15) is 27.0 Å². The van der Waals surface area contributed by atoms with Gasteiger partial charge in [-0.15, -0.1) is 0 Å². The molecular weight excluding hydrogens is 390 g/mol. The highest BCUT2D eigenvalue weighted by Gasteiger charge is 2.18. The molecule has 7 heteroatoms. The van der Waals surface area contributed by atoms with Gasteiger partial charge in [-0.3, -0.25) is 19.9 Å². The van der Waals surface area contributed by atoms with Gasteiger partial charge in [-0.1, -0.05) is 41.7 Å². The average Bonchev–Trinajstić information content (AvgIpc) is 3.00. The largest absolute Gasteiger partial charge is 0.298 e. The molecule has 0 fully saturated rings. The third-order valence-electron chi connectivity index (χ3n) is 3.18. The van der Waals surface area contributed by atoms with E-state index in [2.05, 4.69) is 31.2 Å². The van der Waals surface area contributed by atoms with Crippen LogP contribution in [0.2, 0.25) is 0 Å². The van der Waals surface area contributed by atoms with Crippen molar-refractivity contribution in [2.75, 3.05) is 5.32 Å². The predicted molar refractivity (Wildman–Crippen MR) is 97.4 cm³/mol. The van der Waals surface area contributed by atoms with Gasteiger partial charge >= 0.3 is 0 Å². The molecule has 0 bridgehead atoms. The van der Waals surface area contributed by atoms with Gasteiger partial charge in [0.05, 0.1) is 16.1 Å². The Morgan fingerprint density at radius 3 is 2.58 bits per heavy atom. The quantitative estimate of drug-likeness (QED) is 0.656. The van der Waals surface area contributed by atoms with E-state index in [-0.39, 0.29) is 11.7 Å². The number of amides is 1. The summed E-state index contributed by atoms with van der Waals surface area (Å²) >= 11 is 4.45. The first-order valence-corrected chi connectivity index (χ1v) is 8.64. The number of carbonyl (C=O) groups is 2.